The van der Waals surface area contributed by atoms with Crippen molar-refractivity contribution in [3.05, 3.63) is 41.5 Å². The van der Waals surface area contributed by atoms with Gasteiger partial charge in [-0.1, -0.05) is 24.3 Å². The number of hydrogen-bond donors (Lipinski definition) is 1. The number of phenols is 1. The van der Waals surface area contributed by atoms with Gasteiger partial charge in [0, 0.05) is 0 Å². The van der Waals surface area contributed by atoms with E-state index in [2.05, 4.69) is 0 Å². The third kappa shape index (κ3) is 3.46. The zero-order valence-corrected chi connectivity index (χ0v) is 8.56. The monoisotopic (exact) mass is 205 g/mol. The lowest BCUT2D eigenvalue weighted by molar-refractivity contribution is -0.299. The van der Waals surface area contributed by atoms with E-state index in [1.165, 1.54) is 6.92 Å². The molecular formula is C12H13O3-. The first-order chi connectivity index (χ1) is 7.11. The molecule has 0 bridgehead atoms. The number of carboxylic acid groups (broad SMARTS) is 1. The quantitative estimate of drug-likeness (QED) is 0.746. The zero-order valence-electron chi connectivity index (χ0n) is 8.56. The summed E-state index contributed by atoms with van der Waals surface area (Å²) in [5, 5.41) is 19.8. The molecule has 3 nitrogen and oxygen atoms in total. The Bertz CT molecular complexity index is 380. The van der Waals surface area contributed by atoms with Crippen LogP contribution in [0.5, 0.6) is 5.75 Å². The normalized spacial score (nSPS) is 11.4. The van der Waals surface area contributed by atoms with Crippen LogP contribution < -0.4 is 5.11 Å². The lowest BCUT2D eigenvalue weighted by Gasteiger charge is -2.03. The molecule has 0 aromatic heterocycles. The number of allylic oxidation sites excluding steroid dienone is 1. The van der Waals surface area contributed by atoms with E-state index < -0.39 is 5.97 Å². The fraction of sp³-hybridized carbons (Fsp3) is 0.250. The molecule has 0 fully saturated rings. The van der Waals surface area contributed by atoms with Crippen LogP contribution in [-0.4, -0.2) is 11.1 Å². The van der Waals surface area contributed by atoms with E-state index in [0.29, 0.717) is 12.8 Å². The smallest absolute Gasteiger partial charge is 0.118 e. The molecule has 80 valence electrons. The SMILES string of the molecule is C/C(=C\CCc1ccccc1O)C(=O)[O-]. The summed E-state index contributed by atoms with van der Waals surface area (Å²) in [7, 11) is 0. The molecule has 15 heavy (non-hydrogen) atoms. The molecule has 3 heteroatoms. The molecule has 0 heterocycles. The second-order valence-corrected chi connectivity index (χ2v) is 3.34. The summed E-state index contributed by atoms with van der Waals surface area (Å²) < 4.78 is 0. The Morgan fingerprint density at radius 3 is 2.73 bits per heavy atom. The number of hydrogen-bond acceptors (Lipinski definition) is 3. The number of rotatable bonds is 4. The molecule has 0 amide bonds. The van der Waals surface area contributed by atoms with Crippen molar-refractivity contribution in [2.45, 2.75) is 19.8 Å². The molecule has 0 saturated carbocycles. The highest BCUT2D eigenvalue weighted by Gasteiger charge is 1.97. The molecule has 0 aliphatic carbocycles. The van der Waals surface area contributed by atoms with Crippen molar-refractivity contribution in [1.82, 2.24) is 0 Å². The number of aryl methyl sites for hydroxylation is 1. The molecule has 0 radical (unpaired) electrons. The average molecular weight is 205 g/mol. The van der Waals surface area contributed by atoms with Crippen LogP contribution in [0.1, 0.15) is 18.9 Å². The predicted molar refractivity (Wildman–Crippen MR) is 55.2 cm³/mol. The standard InChI is InChI=1S/C12H14O3/c1-9(12(14)15)5-4-7-10-6-2-3-8-11(10)13/h2-3,5-6,8,13H,4,7H2,1H3,(H,14,15)/p-1/b9-5+. The van der Waals surface area contributed by atoms with Gasteiger partial charge in [-0.05, 0) is 37.0 Å². The molecule has 1 N–H and O–H groups in total. The van der Waals surface area contributed by atoms with E-state index in [1.807, 2.05) is 12.1 Å². The van der Waals surface area contributed by atoms with Gasteiger partial charge < -0.3 is 15.0 Å². The third-order valence-corrected chi connectivity index (χ3v) is 2.18. The summed E-state index contributed by atoms with van der Waals surface area (Å²) in [5.41, 5.74) is 1.05. The van der Waals surface area contributed by atoms with Crippen LogP contribution in [0.4, 0.5) is 0 Å². The summed E-state index contributed by atoms with van der Waals surface area (Å²) >= 11 is 0. The number of carbonyl (C=O) groups is 1. The first-order valence-corrected chi connectivity index (χ1v) is 4.76. The highest BCUT2D eigenvalue weighted by atomic mass is 16.4. The van der Waals surface area contributed by atoms with Crippen molar-refractivity contribution in [2.24, 2.45) is 0 Å². The van der Waals surface area contributed by atoms with E-state index in [9.17, 15) is 15.0 Å². The highest BCUT2D eigenvalue weighted by Crippen LogP contribution is 2.17. The molecule has 1 aromatic carbocycles. The maximum atomic E-state index is 10.4. The lowest BCUT2D eigenvalue weighted by atomic mass is 10.1. The third-order valence-electron chi connectivity index (χ3n) is 2.18. The van der Waals surface area contributed by atoms with E-state index >= 15 is 0 Å². The molecule has 0 aliphatic heterocycles. The molecule has 0 aliphatic rings. The van der Waals surface area contributed by atoms with Gasteiger partial charge >= 0.3 is 0 Å². The van der Waals surface area contributed by atoms with Crippen LogP contribution in [0.2, 0.25) is 0 Å². The fourth-order valence-electron chi connectivity index (χ4n) is 1.25. The van der Waals surface area contributed by atoms with Crippen LogP contribution in [-0.2, 0) is 11.2 Å². The zero-order chi connectivity index (χ0) is 11.3. The Morgan fingerprint density at radius 1 is 1.47 bits per heavy atom. The molecule has 0 spiro atoms. The number of phenolic OH excluding ortho intramolecular Hbond substituents is 1. The molecule has 1 aromatic rings. The Morgan fingerprint density at radius 2 is 2.13 bits per heavy atom. The first-order valence-electron chi connectivity index (χ1n) is 4.76. The number of carbonyl (C=O) groups excluding carboxylic acids is 1. The topological polar surface area (TPSA) is 60.4 Å². The Kier molecular flexibility index (Phi) is 3.92. The van der Waals surface area contributed by atoms with Gasteiger partial charge in [0.2, 0.25) is 0 Å². The van der Waals surface area contributed by atoms with Crippen molar-refractivity contribution >= 4 is 5.97 Å². The minimum atomic E-state index is -1.15. The van der Waals surface area contributed by atoms with Crippen molar-refractivity contribution in [3.63, 3.8) is 0 Å². The summed E-state index contributed by atoms with van der Waals surface area (Å²) in [4.78, 5) is 10.4. The van der Waals surface area contributed by atoms with Crippen molar-refractivity contribution < 1.29 is 15.0 Å². The molecule has 0 saturated heterocycles. The molecule has 1 rings (SSSR count). The minimum absolute atomic E-state index is 0.227. The number of aliphatic carboxylic acids is 1. The lowest BCUT2D eigenvalue weighted by Crippen LogP contribution is -2.22. The molecule has 0 atom stereocenters. The van der Waals surface area contributed by atoms with Gasteiger partial charge in [-0.15, -0.1) is 0 Å². The highest BCUT2D eigenvalue weighted by molar-refractivity contribution is 5.83. The van der Waals surface area contributed by atoms with E-state index in [-0.39, 0.29) is 11.3 Å². The predicted octanol–water partition coefficient (Wildman–Crippen LogP) is 1.02. The summed E-state index contributed by atoms with van der Waals surface area (Å²) in [6.07, 6.45) is 2.80. The number of aromatic hydroxyl groups is 1. The Hall–Kier alpha value is -1.77. The molecule has 0 unspecified atom stereocenters. The Labute approximate surface area is 88.7 Å². The van der Waals surface area contributed by atoms with Gasteiger partial charge in [-0.3, -0.25) is 0 Å². The van der Waals surface area contributed by atoms with Gasteiger partial charge in [-0.2, -0.15) is 0 Å². The van der Waals surface area contributed by atoms with Crippen LogP contribution in [0, 0.1) is 0 Å². The maximum absolute atomic E-state index is 10.4. The summed E-state index contributed by atoms with van der Waals surface area (Å²) in [5.74, 6) is -0.899. The van der Waals surface area contributed by atoms with Crippen LogP contribution in [0.15, 0.2) is 35.9 Å². The van der Waals surface area contributed by atoms with Gasteiger partial charge in [0.1, 0.15) is 5.75 Å². The summed E-state index contributed by atoms with van der Waals surface area (Å²) in [6.45, 7) is 1.50. The van der Waals surface area contributed by atoms with Crippen LogP contribution >= 0.6 is 0 Å². The van der Waals surface area contributed by atoms with E-state index in [0.717, 1.165) is 5.56 Å². The second kappa shape index (κ2) is 5.20. The number of carboxylic acids is 1. The van der Waals surface area contributed by atoms with Gasteiger partial charge in [0.05, 0.1) is 5.97 Å². The van der Waals surface area contributed by atoms with Crippen molar-refractivity contribution in [1.29, 1.82) is 0 Å². The Balaban J connectivity index is 2.55. The van der Waals surface area contributed by atoms with Gasteiger partial charge in [0.15, 0.2) is 0 Å². The molecular weight excluding hydrogens is 192 g/mol. The second-order valence-electron chi connectivity index (χ2n) is 3.34. The maximum Gasteiger partial charge on any atom is 0.118 e. The fourth-order valence-corrected chi connectivity index (χ4v) is 1.25. The summed E-state index contributed by atoms with van der Waals surface area (Å²) in [6, 6.07) is 7.02. The number of benzene rings is 1. The first kappa shape index (κ1) is 11.3. The minimum Gasteiger partial charge on any atom is -0.545 e. The van der Waals surface area contributed by atoms with Crippen LogP contribution in [0.3, 0.4) is 0 Å². The van der Waals surface area contributed by atoms with Crippen molar-refractivity contribution in [3.8, 4) is 5.75 Å². The largest absolute Gasteiger partial charge is 0.545 e. The van der Waals surface area contributed by atoms with Crippen molar-refractivity contribution in [2.75, 3.05) is 0 Å². The van der Waals surface area contributed by atoms with E-state index in [4.69, 9.17) is 0 Å². The average Bonchev–Trinajstić information content (AvgIpc) is 2.20. The van der Waals surface area contributed by atoms with E-state index in [1.54, 1.807) is 18.2 Å². The van der Waals surface area contributed by atoms with Gasteiger partial charge in [-0.25, -0.2) is 0 Å². The van der Waals surface area contributed by atoms with Gasteiger partial charge in [0.25, 0.3) is 0 Å². The number of para-hydroxylation sites is 1. The van der Waals surface area contributed by atoms with Crippen LogP contribution in [0.25, 0.3) is 0 Å².